The SMILES string of the molecule is Cc1cccc(CNc2cc(C(=O)N3CCCc4ccccc43)ccn2)c1. The highest BCUT2D eigenvalue weighted by molar-refractivity contribution is 6.07. The van der Waals surface area contributed by atoms with Crippen molar-refractivity contribution in [1.82, 2.24) is 4.98 Å². The molecule has 1 N–H and O–H groups in total. The van der Waals surface area contributed by atoms with Crippen molar-refractivity contribution in [3.05, 3.63) is 89.1 Å². The molecule has 2 heterocycles. The Balaban J connectivity index is 1.52. The van der Waals surface area contributed by atoms with E-state index in [2.05, 4.69) is 41.5 Å². The minimum atomic E-state index is 0.0307. The van der Waals surface area contributed by atoms with Crippen molar-refractivity contribution in [3.63, 3.8) is 0 Å². The molecule has 1 aliphatic rings. The van der Waals surface area contributed by atoms with Gasteiger partial charge >= 0.3 is 0 Å². The number of nitrogens with zero attached hydrogens (tertiary/aromatic N) is 2. The number of fused-ring (bicyclic) bond motifs is 1. The van der Waals surface area contributed by atoms with Crippen molar-refractivity contribution in [2.24, 2.45) is 0 Å². The standard InChI is InChI=1S/C23H23N3O/c1-17-6-4-7-18(14-17)16-25-22-15-20(11-12-24-22)23(27)26-13-5-9-19-8-2-3-10-21(19)26/h2-4,6-8,10-12,14-15H,5,9,13,16H2,1H3,(H,24,25). The summed E-state index contributed by atoms with van der Waals surface area (Å²) in [6.45, 7) is 3.51. The smallest absolute Gasteiger partial charge is 0.258 e. The number of aromatic nitrogens is 1. The third-order valence-electron chi connectivity index (χ3n) is 4.92. The maximum Gasteiger partial charge on any atom is 0.258 e. The first kappa shape index (κ1) is 17.3. The Morgan fingerprint density at radius 3 is 2.89 bits per heavy atom. The van der Waals surface area contributed by atoms with E-state index in [-0.39, 0.29) is 5.91 Å². The van der Waals surface area contributed by atoms with E-state index in [0.29, 0.717) is 17.9 Å². The minimum Gasteiger partial charge on any atom is -0.366 e. The molecule has 0 atom stereocenters. The van der Waals surface area contributed by atoms with Crippen LogP contribution in [0.5, 0.6) is 0 Å². The van der Waals surface area contributed by atoms with Gasteiger partial charge in [0.1, 0.15) is 5.82 Å². The summed E-state index contributed by atoms with van der Waals surface area (Å²) in [6, 6.07) is 20.2. The lowest BCUT2D eigenvalue weighted by atomic mass is 10.0. The van der Waals surface area contributed by atoms with Gasteiger partial charge in [-0.2, -0.15) is 0 Å². The van der Waals surface area contributed by atoms with Crippen LogP contribution in [0, 0.1) is 6.92 Å². The molecule has 1 aromatic heterocycles. The molecule has 0 bridgehead atoms. The summed E-state index contributed by atoms with van der Waals surface area (Å²) in [5.74, 6) is 0.746. The Kier molecular flexibility index (Phi) is 4.88. The van der Waals surface area contributed by atoms with Crippen LogP contribution in [0.4, 0.5) is 11.5 Å². The Morgan fingerprint density at radius 1 is 1.11 bits per heavy atom. The van der Waals surface area contributed by atoms with Crippen LogP contribution in [0.1, 0.15) is 33.5 Å². The zero-order valence-corrected chi connectivity index (χ0v) is 15.5. The van der Waals surface area contributed by atoms with Crippen molar-refractivity contribution in [1.29, 1.82) is 0 Å². The molecule has 0 spiro atoms. The fourth-order valence-electron chi connectivity index (χ4n) is 3.58. The number of anilines is 2. The van der Waals surface area contributed by atoms with Crippen LogP contribution in [0.25, 0.3) is 0 Å². The average Bonchev–Trinajstić information content (AvgIpc) is 2.71. The fraction of sp³-hybridized carbons (Fsp3) is 0.217. The summed E-state index contributed by atoms with van der Waals surface area (Å²) in [7, 11) is 0. The lowest BCUT2D eigenvalue weighted by Crippen LogP contribution is -2.35. The molecule has 0 saturated heterocycles. The predicted molar refractivity (Wildman–Crippen MR) is 109 cm³/mol. The number of benzene rings is 2. The Hall–Kier alpha value is -3.14. The molecule has 3 aromatic rings. The average molecular weight is 357 g/mol. The maximum absolute atomic E-state index is 13.1. The van der Waals surface area contributed by atoms with Crippen molar-refractivity contribution in [3.8, 4) is 0 Å². The number of pyridine rings is 1. The van der Waals surface area contributed by atoms with E-state index in [1.165, 1.54) is 16.7 Å². The molecule has 0 fully saturated rings. The van der Waals surface area contributed by atoms with Crippen LogP contribution in [-0.4, -0.2) is 17.4 Å². The van der Waals surface area contributed by atoms with E-state index in [1.807, 2.05) is 35.2 Å². The summed E-state index contributed by atoms with van der Waals surface area (Å²) < 4.78 is 0. The number of carbonyl (C=O) groups excluding carboxylic acids is 1. The number of rotatable bonds is 4. The lowest BCUT2D eigenvalue weighted by Gasteiger charge is -2.29. The normalized spacial score (nSPS) is 13.1. The number of para-hydroxylation sites is 1. The van der Waals surface area contributed by atoms with Crippen molar-refractivity contribution < 1.29 is 4.79 Å². The molecule has 1 aliphatic heterocycles. The van der Waals surface area contributed by atoms with E-state index < -0.39 is 0 Å². The number of hydrogen-bond donors (Lipinski definition) is 1. The molecular weight excluding hydrogens is 334 g/mol. The topological polar surface area (TPSA) is 45.2 Å². The van der Waals surface area contributed by atoms with E-state index in [9.17, 15) is 4.79 Å². The number of hydrogen-bond acceptors (Lipinski definition) is 3. The maximum atomic E-state index is 13.1. The van der Waals surface area contributed by atoms with E-state index in [0.717, 1.165) is 25.1 Å². The van der Waals surface area contributed by atoms with Crippen LogP contribution in [0.2, 0.25) is 0 Å². The number of amides is 1. The first-order chi connectivity index (χ1) is 13.2. The van der Waals surface area contributed by atoms with Gasteiger partial charge in [0.25, 0.3) is 5.91 Å². The molecule has 4 nitrogen and oxygen atoms in total. The van der Waals surface area contributed by atoms with Crippen molar-refractivity contribution in [2.45, 2.75) is 26.3 Å². The van der Waals surface area contributed by atoms with Gasteiger partial charge in [-0.15, -0.1) is 0 Å². The van der Waals surface area contributed by atoms with Gasteiger partial charge in [-0.3, -0.25) is 4.79 Å². The zero-order valence-electron chi connectivity index (χ0n) is 15.5. The Morgan fingerprint density at radius 2 is 2.00 bits per heavy atom. The number of nitrogens with one attached hydrogen (secondary N) is 1. The van der Waals surface area contributed by atoms with Crippen LogP contribution < -0.4 is 10.2 Å². The summed E-state index contributed by atoms with van der Waals surface area (Å²) >= 11 is 0. The van der Waals surface area contributed by atoms with E-state index in [1.54, 1.807) is 12.3 Å². The third kappa shape index (κ3) is 3.85. The van der Waals surface area contributed by atoms with Gasteiger partial charge in [0.05, 0.1) is 0 Å². The summed E-state index contributed by atoms with van der Waals surface area (Å²) in [5.41, 5.74) is 5.35. The van der Waals surface area contributed by atoms with Crippen LogP contribution in [0.15, 0.2) is 66.9 Å². The first-order valence-electron chi connectivity index (χ1n) is 9.36. The van der Waals surface area contributed by atoms with E-state index in [4.69, 9.17) is 0 Å². The third-order valence-corrected chi connectivity index (χ3v) is 4.92. The van der Waals surface area contributed by atoms with Gasteiger partial charge in [-0.1, -0.05) is 48.0 Å². The molecule has 0 radical (unpaired) electrons. The van der Waals surface area contributed by atoms with Crippen molar-refractivity contribution >= 4 is 17.4 Å². The highest BCUT2D eigenvalue weighted by Crippen LogP contribution is 2.28. The summed E-state index contributed by atoms with van der Waals surface area (Å²) in [5, 5.41) is 3.32. The molecule has 4 rings (SSSR count). The fourth-order valence-corrected chi connectivity index (χ4v) is 3.58. The summed E-state index contributed by atoms with van der Waals surface area (Å²) in [4.78, 5) is 19.4. The van der Waals surface area contributed by atoms with Gasteiger partial charge in [0.15, 0.2) is 0 Å². The highest BCUT2D eigenvalue weighted by atomic mass is 16.2. The summed E-state index contributed by atoms with van der Waals surface area (Å²) in [6.07, 6.45) is 3.72. The van der Waals surface area contributed by atoms with Gasteiger partial charge in [-0.05, 0) is 49.1 Å². The molecule has 0 aliphatic carbocycles. The van der Waals surface area contributed by atoms with E-state index >= 15 is 0 Å². The Bertz CT molecular complexity index is 967. The molecule has 0 unspecified atom stereocenters. The second kappa shape index (κ2) is 7.62. The molecule has 4 heteroatoms. The Labute approximate surface area is 159 Å². The second-order valence-electron chi connectivity index (χ2n) is 6.96. The van der Waals surface area contributed by atoms with Gasteiger partial charge in [0.2, 0.25) is 0 Å². The molecule has 136 valence electrons. The van der Waals surface area contributed by atoms with Gasteiger partial charge in [0, 0.05) is 30.5 Å². The highest BCUT2D eigenvalue weighted by Gasteiger charge is 2.23. The minimum absolute atomic E-state index is 0.0307. The van der Waals surface area contributed by atoms with Crippen LogP contribution >= 0.6 is 0 Å². The molecule has 2 aromatic carbocycles. The van der Waals surface area contributed by atoms with Crippen molar-refractivity contribution in [2.75, 3.05) is 16.8 Å². The molecule has 1 amide bonds. The largest absolute Gasteiger partial charge is 0.366 e. The quantitative estimate of drug-likeness (QED) is 0.742. The molecular formula is C23H23N3O. The lowest BCUT2D eigenvalue weighted by molar-refractivity contribution is 0.0985. The number of carbonyl (C=O) groups is 1. The predicted octanol–water partition coefficient (Wildman–Crippen LogP) is 4.60. The van der Waals surface area contributed by atoms with Gasteiger partial charge in [-0.25, -0.2) is 4.98 Å². The molecule has 0 saturated carbocycles. The van der Waals surface area contributed by atoms with Gasteiger partial charge < -0.3 is 10.2 Å². The second-order valence-corrected chi connectivity index (χ2v) is 6.96. The number of aryl methyl sites for hydroxylation is 2. The molecule has 27 heavy (non-hydrogen) atoms. The van der Waals surface area contributed by atoms with Crippen LogP contribution in [0.3, 0.4) is 0 Å². The first-order valence-corrected chi connectivity index (χ1v) is 9.36. The zero-order chi connectivity index (χ0) is 18.6. The van der Waals surface area contributed by atoms with Crippen LogP contribution in [-0.2, 0) is 13.0 Å². The monoisotopic (exact) mass is 357 g/mol.